The summed E-state index contributed by atoms with van der Waals surface area (Å²) in [6.45, 7) is 3.95. The van der Waals surface area contributed by atoms with E-state index in [2.05, 4.69) is 10.3 Å². The fourth-order valence-electron chi connectivity index (χ4n) is 1.68. The van der Waals surface area contributed by atoms with Gasteiger partial charge in [-0.15, -0.1) is 11.3 Å². The van der Waals surface area contributed by atoms with Crippen molar-refractivity contribution >= 4 is 29.1 Å². The molecule has 0 aliphatic rings. The van der Waals surface area contributed by atoms with Gasteiger partial charge in [-0.1, -0.05) is 6.92 Å². The lowest BCUT2D eigenvalue weighted by Gasteiger charge is -2.19. The summed E-state index contributed by atoms with van der Waals surface area (Å²) in [5, 5.41) is 4.19. The van der Waals surface area contributed by atoms with Gasteiger partial charge >= 0.3 is 5.97 Å². The first-order valence-corrected chi connectivity index (χ1v) is 7.38. The second kappa shape index (κ2) is 7.72. The maximum Gasteiger partial charge on any atom is 0.367 e. The van der Waals surface area contributed by atoms with E-state index in [1.807, 2.05) is 0 Å². The van der Waals surface area contributed by atoms with Crippen molar-refractivity contribution in [1.29, 1.82) is 0 Å². The van der Waals surface area contributed by atoms with E-state index in [0.717, 1.165) is 11.3 Å². The number of carbonyl (C=O) groups excluding carboxylic acids is 3. The number of nitrogens with zero attached hydrogens (tertiary/aromatic N) is 2. The van der Waals surface area contributed by atoms with Crippen LogP contribution in [0.2, 0.25) is 0 Å². The fourth-order valence-corrected chi connectivity index (χ4v) is 2.36. The van der Waals surface area contributed by atoms with Gasteiger partial charge in [-0.2, -0.15) is 0 Å². The van der Waals surface area contributed by atoms with Crippen LogP contribution >= 0.6 is 11.3 Å². The summed E-state index contributed by atoms with van der Waals surface area (Å²) in [5.41, 5.74) is 0.176. The van der Waals surface area contributed by atoms with E-state index in [-0.39, 0.29) is 41.6 Å². The zero-order valence-electron chi connectivity index (χ0n) is 12.5. The molecule has 1 aromatic heterocycles. The van der Waals surface area contributed by atoms with E-state index in [1.165, 1.54) is 10.3 Å². The van der Waals surface area contributed by atoms with Crippen LogP contribution in [0.4, 0.5) is 0 Å². The van der Waals surface area contributed by atoms with E-state index in [9.17, 15) is 14.4 Å². The van der Waals surface area contributed by atoms with Crippen LogP contribution < -0.4 is 5.32 Å². The van der Waals surface area contributed by atoms with Gasteiger partial charge in [0.1, 0.15) is 5.69 Å². The molecule has 1 heterocycles. The van der Waals surface area contributed by atoms with E-state index in [0.29, 0.717) is 0 Å². The molecule has 1 N–H and O–H groups in total. The van der Waals surface area contributed by atoms with Crippen molar-refractivity contribution in [2.75, 3.05) is 27.2 Å². The molecule has 0 fully saturated rings. The second-order valence-corrected chi connectivity index (χ2v) is 5.32. The van der Waals surface area contributed by atoms with E-state index < -0.39 is 5.97 Å². The number of amides is 2. The van der Waals surface area contributed by atoms with Crippen LogP contribution in [0.25, 0.3) is 0 Å². The number of thiazole rings is 1. The van der Waals surface area contributed by atoms with Gasteiger partial charge in [0.25, 0.3) is 5.91 Å². The first-order valence-electron chi connectivity index (χ1n) is 6.50. The molecule has 116 valence electrons. The van der Waals surface area contributed by atoms with E-state index in [4.69, 9.17) is 4.74 Å². The molecule has 1 rings (SSSR count). The Balaban J connectivity index is 2.70. The van der Waals surface area contributed by atoms with Gasteiger partial charge in [0.15, 0.2) is 0 Å². The van der Waals surface area contributed by atoms with Gasteiger partial charge in [0.05, 0.1) is 12.5 Å². The maximum absolute atomic E-state index is 12.2. The lowest BCUT2D eigenvalue weighted by Crippen LogP contribution is -2.37. The number of nitrogens with one attached hydrogen (secondary N) is 1. The summed E-state index contributed by atoms with van der Waals surface area (Å²) in [5.74, 6) is -1.34. The molecule has 21 heavy (non-hydrogen) atoms. The highest BCUT2D eigenvalue weighted by atomic mass is 32.1. The Labute approximate surface area is 127 Å². The lowest BCUT2D eigenvalue weighted by atomic mass is 10.1. The fraction of sp³-hybridized carbons (Fsp3) is 0.538. The molecule has 0 aliphatic heterocycles. The van der Waals surface area contributed by atoms with Gasteiger partial charge in [-0.05, 0) is 6.92 Å². The molecule has 1 unspecified atom stereocenters. The Morgan fingerprint density at radius 1 is 1.48 bits per heavy atom. The van der Waals surface area contributed by atoms with Crippen molar-refractivity contribution in [3.63, 3.8) is 0 Å². The van der Waals surface area contributed by atoms with Crippen molar-refractivity contribution in [2.24, 2.45) is 5.92 Å². The topological polar surface area (TPSA) is 88.6 Å². The van der Waals surface area contributed by atoms with Crippen molar-refractivity contribution in [3.8, 4) is 0 Å². The van der Waals surface area contributed by atoms with Crippen LogP contribution in [-0.4, -0.2) is 54.9 Å². The summed E-state index contributed by atoms with van der Waals surface area (Å²) in [6.07, 6.45) is 0. The zero-order valence-corrected chi connectivity index (χ0v) is 13.3. The lowest BCUT2D eigenvalue weighted by molar-refractivity contribution is -0.124. The summed E-state index contributed by atoms with van der Waals surface area (Å²) in [4.78, 5) is 40.5. The van der Waals surface area contributed by atoms with Crippen LogP contribution in [0, 0.1) is 5.92 Å². The number of hydrogen-bond donors (Lipinski definition) is 1. The molecule has 8 heteroatoms. The molecule has 7 nitrogen and oxygen atoms in total. The first-order chi connectivity index (χ1) is 9.90. The van der Waals surface area contributed by atoms with Crippen LogP contribution in [0.3, 0.4) is 0 Å². The first kappa shape index (κ1) is 17.1. The SMILES string of the molecule is CCOC(=O)c1nc(C(=O)N(C)CC(C)C(=O)NC)cs1. The largest absolute Gasteiger partial charge is 0.461 e. The molecule has 0 aliphatic carbocycles. The molecule has 1 atom stereocenters. The Morgan fingerprint density at radius 3 is 2.71 bits per heavy atom. The number of carbonyl (C=O) groups is 3. The van der Waals surface area contributed by atoms with E-state index in [1.54, 1.807) is 27.9 Å². The third kappa shape index (κ3) is 4.52. The highest BCUT2D eigenvalue weighted by molar-refractivity contribution is 7.11. The van der Waals surface area contributed by atoms with Crippen molar-refractivity contribution in [2.45, 2.75) is 13.8 Å². The smallest absolute Gasteiger partial charge is 0.367 e. The number of rotatable bonds is 6. The minimum Gasteiger partial charge on any atom is -0.461 e. The van der Waals surface area contributed by atoms with E-state index >= 15 is 0 Å². The number of hydrogen-bond acceptors (Lipinski definition) is 6. The van der Waals surface area contributed by atoms with Crippen molar-refractivity contribution in [1.82, 2.24) is 15.2 Å². The second-order valence-electron chi connectivity index (χ2n) is 4.46. The standard InChI is InChI=1S/C13H19N3O4S/c1-5-20-13(19)11-15-9(7-21-11)12(18)16(4)6-8(2)10(17)14-3/h7-8H,5-6H2,1-4H3,(H,14,17). The highest BCUT2D eigenvalue weighted by Gasteiger charge is 2.22. The van der Waals surface area contributed by atoms with Gasteiger partial charge in [0, 0.05) is 26.0 Å². The molecule has 0 radical (unpaired) electrons. The Kier molecular flexibility index (Phi) is 6.29. The van der Waals surface area contributed by atoms with Crippen LogP contribution in [-0.2, 0) is 9.53 Å². The Hall–Kier alpha value is -1.96. The average Bonchev–Trinajstić information content (AvgIpc) is 2.95. The monoisotopic (exact) mass is 313 g/mol. The summed E-state index contributed by atoms with van der Waals surface area (Å²) < 4.78 is 4.82. The molecule has 0 spiro atoms. The maximum atomic E-state index is 12.2. The average molecular weight is 313 g/mol. The summed E-state index contributed by atoms with van der Waals surface area (Å²) in [7, 11) is 3.14. The zero-order chi connectivity index (χ0) is 16.0. The normalized spacial score (nSPS) is 11.6. The van der Waals surface area contributed by atoms with Crippen LogP contribution in [0.5, 0.6) is 0 Å². The Morgan fingerprint density at radius 2 is 2.14 bits per heavy atom. The highest BCUT2D eigenvalue weighted by Crippen LogP contribution is 2.13. The molecule has 0 aromatic carbocycles. The van der Waals surface area contributed by atoms with Gasteiger partial charge < -0.3 is 15.0 Å². The minimum atomic E-state index is -0.539. The predicted molar refractivity (Wildman–Crippen MR) is 78.3 cm³/mol. The van der Waals surface area contributed by atoms with Crippen molar-refractivity contribution in [3.05, 3.63) is 16.1 Å². The number of esters is 1. The van der Waals surface area contributed by atoms with Gasteiger partial charge in [-0.3, -0.25) is 9.59 Å². The molecular formula is C13H19N3O4S. The summed E-state index contributed by atoms with van der Waals surface area (Å²) in [6, 6.07) is 0. The molecule has 0 saturated heterocycles. The predicted octanol–water partition coefficient (Wildman–Crippen LogP) is 0.774. The molecule has 0 bridgehead atoms. The van der Waals surface area contributed by atoms with Crippen molar-refractivity contribution < 1.29 is 19.1 Å². The Bertz CT molecular complexity index is 529. The van der Waals surface area contributed by atoms with Gasteiger partial charge in [0.2, 0.25) is 10.9 Å². The number of ether oxygens (including phenoxy) is 1. The molecular weight excluding hydrogens is 294 g/mol. The third-order valence-electron chi connectivity index (χ3n) is 2.76. The van der Waals surface area contributed by atoms with Crippen LogP contribution in [0.15, 0.2) is 5.38 Å². The minimum absolute atomic E-state index is 0.139. The number of aromatic nitrogens is 1. The van der Waals surface area contributed by atoms with Gasteiger partial charge in [-0.25, -0.2) is 9.78 Å². The quantitative estimate of drug-likeness (QED) is 0.784. The molecule has 0 saturated carbocycles. The molecule has 2 amide bonds. The third-order valence-corrected chi connectivity index (χ3v) is 3.58. The summed E-state index contributed by atoms with van der Waals surface area (Å²) >= 11 is 1.06. The van der Waals surface area contributed by atoms with Crippen LogP contribution in [0.1, 0.15) is 34.1 Å². The molecule has 1 aromatic rings.